The van der Waals surface area contributed by atoms with Crippen molar-refractivity contribution in [2.75, 3.05) is 0 Å². The Morgan fingerprint density at radius 2 is 1.81 bits per heavy atom. The number of esters is 1. The third-order valence-electron chi connectivity index (χ3n) is 2.70. The van der Waals surface area contributed by atoms with Gasteiger partial charge in [0.25, 0.3) is 0 Å². The molecule has 5 nitrogen and oxygen atoms in total. The average Bonchev–Trinajstić information content (AvgIpc) is 2.36. The minimum atomic E-state index is -0.745. The molecular weight excluding hydrogens is 268 g/mol. The Hall–Kier alpha value is -1.88. The van der Waals surface area contributed by atoms with Crippen molar-refractivity contribution >= 4 is 11.9 Å². The zero-order valence-electron chi connectivity index (χ0n) is 13.1. The SMILES string of the molecule is C[C@H](N)C(=O)N[C@@H](Cc1ccccc1)C(=O)OC(C)(C)C. The van der Waals surface area contributed by atoms with E-state index in [-0.39, 0.29) is 5.91 Å². The number of nitrogens with two attached hydrogens (primary N) is 1. The van der Waals surface area contributed by atoms with Gasteiger partial charge >= 0.3 is 5.97 Å². The van der Waals surface area contributed by atoms with Gasteiger partial charge in [-0.25, -0.2) is 4.79 Å². The number of carbonyl (C=O) groups excluding carboxylic acids is 2. The molecule has 1 aromatic carbocycles. The molecule has 0 aliphatic heterocycles. The number of carbonyl (C=O) groups is 2. The Morgan fingerprint density at radius 1 is 1.24 bits per heavy atom. The van der Waals surface area contributed by atoms with Crippen molar-refractivity contribution in [3.05, 3.63) is 35.9 Å². The highest BCUT2D eigenvalue weighted by Gasteiger charge is 2.27. The van der Waals surface area contributed by atoms with Gasteiger partial charge in [0.2, 0.25) is 5.91 Å². The molecule has 0 aromatic heterocycles. The molecule has 116 valence electrons. The van der Waals surface area contributed by atoms with Gasteiger partial charge in [0.15, 0.2) is 0 Å². The summed E-state index contributed by atoms with van der Waals surface area (Å²) in [5, 5.41) is 2.65. The van der Waals surface area contributed by atoms with Crippen LogP contribution in [0.2, 0.25) is 0 Å². The summed E-state index contributed by atoms with van der Waals surface area (Å²) in [5.41, 5.74) is 5.88. The van der Waals surface area contributed by atoms with E-state index in [2.05, 4.69) is 5.32 Å². The Morgan fingerprint density at radius 3 is 2.29 bits per heavy atom. The van der Waals surface area contributed by atoms with Crippen LogP contribution in [-0.2, 0) is 20.7 Å². The predicted molar refractivity (Wildman–Crippen MR) is 81.6 cm³/mol. The summed E-state index contributed by atoms with van der Waals surface area (Å²) in [6.45, 7) is 6.94. The van der Waals surface area contributed by atoms with E-state index in [1.54, 1.807) is 27.7 Å². The highest BCUT2D eigenvalue weighted by Crippen LogP contribution is 2.11. The van der Waals surface area contributed by atoms with Crippen LogP contribution in [0.4, 0.5) is 0 Å². The molecule has 2 atom stereocenters. The van der Waals surface area contributed by atoms with E-state index < -0.39 is 23.7 Å². The first kappa shape index (κ1) is 17.2. The van der Waals surface area contributed by atoms with Crippen molar-refractivity contribution in [3.63, 3.8) is 0 Å². The lowest BCUT2D eigenvalue weighted by Gasteiger charge is -2.25. The average molecular weight is 292 g/mol. The molecule has 0 unspecified atom stereocenters. The highest BCUT2D eigenvalue weighted by atomic mass is 16.6. The lowest BCUT2D eigenvalue weighted by atomic mass is 10.1. The van der Waals surface area contributed by atoms with E-state index in [4.69, 9.17) is 10.5 Å². The van der Waals surface area contributed by atoms with Crippen LogP contribution in [0, 0.1) is 0 Å². The minimum Gasteiger partial charge on any atom is -0.458 e. The summed E-state index contributed by atoms with van der Waals surface area (Å²) in [4.78, 5) is 24.0. The van der Waals surface area contributed by atoms with E-state index in [1.165, 1.54) is 0 Å². The molecule has 1 rings (SSSR count). The first-order valence-corrected chi connectivity index (χ1v) is 7.02. The molecule has 1 amide bonds. The van der Waals surface area contributed by atoms with Crippen LogP contribution >= 0.6 is 0 Å². The Labute approximate surface area is 125 Å². The smallest absolute Gasteiger partial charge is 0.329 e. The first-order valence-electron chi connectivity index (χ1n) is 7.02. The van der Waals surface area contributed by atoms with Gasteiger partial charge in [-0.15, -0.1) is 0 Å². The largest absolute Gasteiger partial charge is 0.458 e. The Balaban J connectivity index is 2.84. The summed E-state index contributed by atoms with van der Waals surface area (Å²) >= 11 is 0. The molecule has 0 bridgehead atoms. The highest BCUT2D eigenvalue weighted by molar-refractivity contribution is 5.87. The van der Waals surface area contributed by atoms with Crippen molar-refractivity contribution in [1.29, 1.82) is 0 Å². The summed E-state index contributed by atoms with van der Waals surface area (Å²) in [5.74, 6) is -0.831. The van der Waals surface area contributed by atoms with Gasteiger partial charge in [0, 0.05) is 6.42 Å². The Bertz CT molecular complexity index is 478. The molecule has 0 saturated carbocycles. The molecule has 0 heterocycles. The number of rotatable bonds is 5. The van der Waals surface area contributed by atoms with Crippen LogP contribution in [0.25, 0.3) is 0 Å². The van der Waals surface area contributed by atoms with Gasteiger partial charge in [-0.1, -0.05) is 30.3 Å². The number of ether oxygens (including phenoxy) is 1. The van der Waals surface area contributed by atoms with E-state index in [9.17, 15) is 9.59 Å². The minimum absolute atomic E-state index is 0.369. The normalized spacial score (nSPS) is 14.1. The molecule has 0 radical (unpaired) electrons. The van der Waals surface area contributed by atoms with Crippen LogP contribution in [0.3, 0.4) is 0 Å². The zero-order valence-corrected chi connectivity index (χ0v) is 13.1. The second kappa shape index (κ2) is 7.22. The Kier molecular flexibility index (Phi) is 5.90. The monoisotopic (exact) mass is 292 g/mol. The van der Waals surface area contributed by atoms with Gasteiger partial charge in [-0.2, -0.15) is 0 Å². The van der Waals surface area contributed by atoms with Gasteiger partial charge < -0.3 is 15.8 Å². The lowest BCUT2D eigenvalue weighted by molar-refractivity contribution is -0.158. The molecule has 0 aliphatic carbocycles. The fourth-order valence-corrected chi connectivity index (χ4v) is 1.72. The third kappa shape index (κ3) is 6.40. The van der Waals surface area contributed by atoms with Gasteiger partial charge in [-0.3, -0.25) is 4.79 Å². The van der Waals surface area contributed by atoms with E-state index in [1.807, 2.05) is 30.3 Å². The van der Waals surface area contributed by atoms with Crippen LogP contribution in [-0.4, -0.2) is 29.6 Å². The van der Waals surface area contributed by atoms with Crippen molar-refractivity contribution in [1.82, 2.24) is 5.32 Å². The van der Waals surface area contributed by atoms with Gasteiger partial charge in [-0.05, 0) is 33.3 Å². The molecular formula is C16H24N2O3. The van der Waals surface area contributed by atoms with E-state index in [0.29, 0.717) is 6.42 Å². The fraction of sp³-hybridized carbons (Fsp3) is 0.500. The maximum atomic E-state index is 12.2. The zero-order chi connectivity index (χ0) is 16.0. The summed E-state index contributed by atoms with van der Waals surface area (Å²) in [7, 11) is 0. The van der Waals surface area contributed by atoms with Crippen molar-refractivity contribution in [3.8, 4) is 0 Å². The molecule has 3 N–H and O–H groups in total. The van der Waals surface area contributed by atoms with Crippen LogP contribution < -0.4 is 11.1 Å². The number of nitrogens with one attached hydrogen (secondary N) is 1. The molecule has 0 aliphatic rings. The molecule has 21 heavy (non-hydrogen) atoms. The van der Waals surface area contributed by atoms with Crippen molar-refractivity contribution in [2.24, 2.45) is 5.73 Å². The van der Waals surface area contributed by atoms with Crippen molar-refractivity contribution < 1.29 is 14.3 Å². The number of amides is 1. The van der Waals surface area contributed by atoms with Gasteiger partial charge in [0.1, 0.15) is 11.6 Å². The molecule has 0 saturated heterocycles. The maximum absolute atomic E-state index is 12.2. The quantitative estimate of drug-likeness (QED) is 0.804. The number of hydrogen-bond acceptors (Lipinski definition) is 4. The van der Waals surface area contributed by atoms with Crippen molar-refractivity contribution in [2.45, 2.75) is 51.8 Å². The second-order valence-corrected chi connectivity index (χ2v) is 6.07. The second-order valence-electron chi connectivity index (χ2n) is 6.07. The van der Waals surface area contributed by atoms with E-state index in [0.717, 1.165) is 5.56 Å². The van der Waals surface area contributed by atoms with Crippen LogP contribution in [0.5, 0.6) is 0 Å². The standard InChI is InChI=1S/C16H24N2O3/c1-11(17)14(19)18-13(15(20)21-16(2,3)4)10-12-8-6-5-7-9-12/h5-9,11,13H,10,17H2,1-4H3,(H,18,19)/t11-,13-/m0/s1. The summed E-state index contributed by atoms with van der Waals surface area (Å²) in [6, 6.07) is 8.04. The fourth-order valence-electron chi connectivity index (χ4n) is 1.72. The third-order valence-corrected chi connectivity index (χ3v) is 2.70. The first-order chi connectivity index (χ1) is 9.69. The van der Waals surface area contributed by atoms with Gasteiger partial charge in [0.05, 0.1) is 6.04 Å². The number of hydrogen-bond donors (Lipinski definition) is 2. The summed E-state index contributed by atoms with van der Waals surface area (Å²) in [6.07, 6.45) is 0.369. The predicted octanol–water partition coefficient (Wildman–Crippen LogP) is 1.40. The lowest BCUT2D eigenvalue weighted by Crippen LogP contribution is -2.50. The molecule has 0 fully saturated rings. The maximum Gasteiger partial charge on any atom is 0.329 e. The van der Waals surface area contributed by atoms with E-state index >= 15 is 0 Å². The molecule has 5 heteroatoms. The van der Waals surface area contributed by atoms with Crippen LogP contribution in [0.1, 0.15) is 33.3 Å². The topological polar surface area (TPSA) is 81.4 Å². The molecule has 1 aromatic rings. The summed E-state index contributed by atoms with van der Waals surface area (Å²) < 4.78 is 5.36. The number of benzene rings is 1. The van der Waals surface area contributed by atoms with Crippen LogP contribution in [0.15, 0.2) is 30.3 Å². The molecule has 0 spiro atoms.